The highest BCUT2D eigenvalue weighted by Gasteiger charge is 2.29. The highest BCUT2D eigenvalue weighted by Crippen LogP contribution is 2.42. The van der Waals surface area contributed by atoms with Gasteiger partial charge in [-0.25, -0.2) is 4.98 Å². The van der Waals surface area contributed by atoms with Crippen LogP contribution >= 0.6 is 23.1 Å². The summed E-state index contributed by atoms with van der Waals surface area (Å²) in [4.78, 5) is 6.05. The highest BCUT2D eigenvalue weighted by atomic mass is 32.2. The first-order valence-electron chi connectivity index (χ1n) is 5.51. The van der Waals surface area contributed by atoms with Crippen LogP contribution in [-0.2, 0) is 12.3 Å². The Morgan fingerprint density at radius 3 is 2.80 bits per heavy atom. The van der Waals surface area contributed by atoms with Crippen LogP contribution in [0.15, 0.2) is 0 Å². The lowest BCUT2D eigenvalue weighted by Crippen LogP contribution is -1.96. The Kier molecular flexibility index (Phi) is 3.69. The zero-order valence-corrected chi connectivity index (χ0v) is 11.0. The number of nitrogens with zero attached hydrogens (tertiary/aromatic N) is 1. The van der Waals surface area contributed by atoms with E-state index in [0.717, 1.165) is 11.7 Å². The maximum absolute atomic E-state index is 5.75. The summed E-state index contributed by atoms with van der Waals surface area (Å²) in [5, 5.41) is 1.94. The Labute approximate surface area is 99.7 Å². The second kappa shape index (κ2) is 4.85. The molecule has 1 saturated carbocycles. The van der Waals surface area contributed by atoms with Gasteiger partial charge in [0.1, 0.15) is 5.01 Å². The van der Waals surface area contributed by atoms with Crippen LogP contribution in [0.1, 0.15) is 48.2 Å². The SMILES string of the molecule is CC(C)SCc1nc(C2CC2)c(CN)s1. The largest absolute Gasteiger partial charge is 0.326 e. The van der Waals surface area contributed by atoms with Crippen molar-refractivity contribution < 1.29 is 0 Å². The highest BCUT2D eigenvalue weighted by molar-refractivity contribution is 7.99. The van der Waals surface area contributed by atoms with Gasteiger partial charge in [-0.2, -0.15) is 11.8 Å². The molecule has 1 aromatic rings. The minimum absolute atomic E-state index is 0.663. The van der Waals surface area contributed by atoms with Crippen molar-refractivity contribution >= 4 is 23.1 Å². The molecular weight excluding hydrogens is 224 g/mol. The summed E-state index contributed by atoms with van der Waals surface area (Å²) in [7, 11) is 0. The van der Waals surface area contributed by atoms with E-state index in [9.17, 15) is 0 Å². The Bertz CT molecular complexity index is 329. The summed E-state index contributed by atoms with van der Waals surface area (Å²) >= 11 is 3.77. The van der Waals surface area contributed by atoms with Crippen molar-refractivity contribution in [2.24, 2.45) is 5.73 Å². The summed E-state index contributed by atoms with van der Waals surface area (Å²) in [6, 6.07) is 0. The molecular formula is C11H18N2S2. The number of rotatable bonds is 5. The third kappa shape index (κ3) is 2.95. The van der Waals surface area contributed by atoms with Gasteiger partial charge in [-0.1, -0.05) is 13.8 Å². The van der Waals surface area contributed by atoms with E-state index in [1.54, 1.807) is 0 Å². The molecule has 1 aromatic heterocycles. The number of aromatic nitrogens is 1. The molecule has 1 aliphatic carbocycles. The molecule has 0 radical (unpaired) electrons. The van der Waals surface area contributed by atoms with Crippen LogP contribution in [0.25, 0.3) is 0 Å². The number of thioether (sulfide) groups is 1. The standard InChI is InChI=1S/C11H18N2S2/c1-7(2)14-6-10-13-11(8-3-4-8)9(5-12)15-10/h7-8H,3-6,12H2,1-2H3. The maximum atomic E-state index is 5.75. The van der Waals surface area contributed by atoms with E-state index in [0.29, 0.717) is 11.8 Å². The van der Waals surface area contributed by atoms with E-state index in [1.807, 2.05) is 23.1 Å². The van der Waals surface area contributed by atoms with Crippen molar-refractivity contribution in [1.82, 2.24) is 4.98 Å². The van der Waals surface area contributed by atoms with Crippen LogP contribution in [0.3, 0.4) is 0 Å². The molecule has 0 aromatic carbocycles. The van der Waals surface area contributed by atoms with Crippen molar-refractivity contribution in [3.05, 3.63) is 15.6 Å². The average Bonchev–Trinajstić information content (AvgIpc) is 2.96. The molecule has 0 amide bonds. The van der Waals surface area contributed by atoms with Crippen LogP contribution in [-0.4, -0.2) is 10.2 Å². The fourth-order valence-corrected chi connectivity index (χ4v) is 3.34. The van der Waals surface area contributed by atoms with Crippen LogP contribution in [0.5, 0.6) is 0 Å². The number of hydrogen-bond acceptors (Lipinski definition) is 4. The second-order valence-electron chi connectivity index (χ2n) is 4.25. The van der Waals surface area contributed by atoms with Crippen molar-refractivity contribution in [2.45, 2.75) is 50.2 Å². The van der Waals surface area contributed by atoms with Gasteiger partial charge in [-0.15, -0.1) is 11.3 Å². The fourth-order valence-electron chi connectivity index (χ4n) is 1.54. The van der Waals surface area contributed by atoms with E-state index in [-0.39, 0.29) is 0 Å². The average molecular weight is 242 g/mol. The Morgan fingerprint density at radius 2 is 2.27 bits per heavy atom. The van der Waals surface area contributed by atoms with Crippen molar-refractivity contribution in [3.63, 3.8) is 0 Å². The lowest BCUT2D eigenvalue weighted by atomic mass is 10.2. The third-order valence-electron chi connectivity index (χ3n) is 2.46. The van der Waals surface area contributed by atoms with E-state index >= 15 is 0 Å². The van der Waals surface area contributed by atoms with Crippen molar-refractivity contribution in [2.75, 3.05) is 0 Å². The molecule has 2 rings (SSSR count). The quantitative estimate of drug-likeness (QED) is 0.862. The van der Waals surface area contributed by atoms with Gasteiger partial charge in [0.25, 0.3) is 0 Å². The minimum Gasteiger partial charge on any atom is -0.326 e. The van der Waals surface area contributed by atoms with Crippen LogP contribution in [0.2, 0.25) is 0 Å². The zero-order chi connectivity index (χ0) is 10.8. The molecule has 0 bridgehead atoms. The topological polar surface area (TPSA) is 38.9 Å². The van der Waals surface area contributed by atoms with E-state index in [1.165, 1.54) is 28.4 Å². The number of thiazole rings is 1. The first-order chi connectivity index (χ1) is 7.20. The Hall–Kier alpha value is -0.0600. The monoisotopic (exact) mass is 242 g/mol. The van der Waals surface area contributed by atoms with E-state index in [2.05, 4.69) is 13.8 Å². The predicted octanol–water partition coefficient (Wildman–Crippen LogP) is 3.12. The molecule has 4 heteroatoms. The maximum Gasteiger partial charge on any atom is 0.103 e. The third-order valence-corrected chi connectivity index (χ3v) is 4.84. The summed E-state index contributed by atoms with van der Waals surface area (Å²) in [5.41, 5.74) is 7.06. The molecule has 0 spiro atoms. The predicted molar refractivity (Wildman–Crippen MR) is 68.4 cm³/mol. The molecule has 15 heavy (non-hydrogen) atoms. The smallest absolute Gasteiger partial charge is 0.103 e. The minimum atomic E-state index is 0.663. The fraction of sp³-hybridized carbons (Fsp3) is 0.727. The van der Waals surface area contributed by atoms with Gasteiger partial charge in [0.05, 0.1) is 5.69 Å². The molecule has 0 saturated heterocycles. The van der Waals surface area contributed by atoms with Crippen molar-refractivity contribution in [1.29, 1.82) is 0 Å². The lowest BCUT2D eigenvalue weighted by molar-refractivity contribution is 0.967. The van der Waals surface area contributed by atoms with Crippen LogP contribution in [0.4, 0.5) is 0 Å². The summed E-state index contributed by atoms with van der Waals surface area (Å²) in [5.74, 6) is 1.78. The molecule has 0 aliphatic heterocycles. The molecule has 2 nitrogen and oxygen atoms in total. The van der Waals surface area contributed by atoms with E-state index in [4.69, 9.17) is 10.7 Å². The molecule has 0 atom stereocenters. The van der Waals surface area contributed by atoms with Gasteiger partial charge < -0.3 is 5.73 Å². The van der Waals surface area contributed by atoms with Crippen LogP contribution < -0.4 is 5.73 Å². The zero-order valence-electron chi connectivity index (χ0n) is 9.32. The summed E-state index contributed by atoms with van der Waals surface area (Å²) < 4.78 is 0. The van der Waals surface area contributed by atoms with Crippen LogP contribution in [0, 0.1) is 0 Å². The lowest BCUT2D eigenvalue weighted by Gasteiger charge is -2.00. The Morgan fingerprint density at radius 1 is 1.53 bits per heavy atom. The first kappa shape index (κ1) is 11.4. The van der Waals surface area contributed by atoms with Gasteiger partial charge in [0.15, 0.2) is 0 Å². The summed E-state index contributed by atoms with van der Waals surface area (Å²) in [6.07, 6.45) is 2.63. The first-order valence-corrected chi connectivity index (χ1v) is 7.37. The number of nitrogens with two attached hydrogens (primary N) is 1. The number of hydrogen-bond donors (Lipinski definition) is 1. The Balaban J connectivity index is 2.05. The van der Waals surface area contributed by atoms with Gasteiger partial charge in [-0.3, -0.25) is 0 Å². The molecule has 84 valence electrons. The van der Waals surface area contributed by atoms with E-state index < -0.39 is 0 Å². The molecule has 1 heterocycles. The second-order valence-corrected chi connectivity index (χ2v) is 6.99. The van der Waals surface area contributed by atoms with Gasteiger partial charge >= 0.3 is 0 Å². The molecule has 2 N–H and O–H groups in total. The molecule has 0 unspecified atom stereocenters. The molecule has 1 fully saturated rings. The van der Waals surface area contributed by atoms with Gasteiger partial charge in [-0.05, 0) is 18.1 Å². The van der Waals surface area contributed by atoms with Gasteiger partial charge in [0.2, 0.25) is 0 Å². The summed E-state index contributed by atoms with van der Waals surface area (Å²) in [6.45, 7) is 5.11. The normalized spacial score (nSPS) is 16.3. The molecule has 1 aliphatic rings. The van der Waals surface area contributed by atoms with Gasteiger partial charge in [0, 0.05) is 23.1 Å². The van der Waals surface area contributed by atoms with Crippen molar-refractivity contribution in [3.8, 4) is 0 Å².